The maximum Gasteiger partial charge on any atom is 0.118 e. The molecule has 0 radical (unpaired) electrons. The molecule has 0 heterocycles. The third-order valence-electron chi connectivity index (χ3n) is 7.22. The normalized spacial score (nSPS) is 13.9. The highest BCUT2D eigenvalue weighted by atomic mass is 32.1. The number of benzene rings is 4. The highest BCUT2D eigenvalue weighted by Crippen LogP contribution is 2.71. The second-order valence-corrected chi connectivity index (χ2v) is 13.8. The molecule has 0 N–H and O–H groups in total. The van der Waals surface area contributed by atoms with E-state index in [1.807, 2.05) is 24.3 Å². The van der Waals surface area contributed by atoms with E-state index in [9.17, 15) is 0 Å². The lowest BCUT2D eigenvalue weighted by Crippen LogP contribution is -2.37. The monoisotopic (exact) mass is 499 g/mol. The third-order valence-corrected chi connectivity index (χ3v) is 13.3. The molecule has 1 aliphatic carbocycles. The molecule has 0 aromatic heterocycles. The molecule has 0 spiro atoms. The fourth-order valence-electron chi connectivity index (χ4n) is 5.23. The number of rotatable bonds is 9. The van der Waals surface area contributed by atoms with Crippen LogP contribution in [0.15, 0.2) is 109 Å². The number of ether oxygens (including phenoxy) is 2. The van der Waals surface area contributed by atoms with Gasteiger partial charge in [-0.3, -0.25) is 0 Å². The Morgan fingerprint density at radius 1 is 0.657 bits per heavy atom. The Bertz CT molecular complexity index is 1150. The lowest BCUT2D eigenvalue weighted by atomic mass is 9.91. The molecular weight excluding hydrogens is 467 g/mol. The van der Waals surface area contributed by atoms with Gasteiger partial charge in [0, 0.05) is 0 Å². The van der Waals surface area contributed by atoms with Crippen molar-refractivity contribution in [3.63, 3.8) is 0 Å². The molecule has 1 saturated carbocycles. The van der Waals surface area contributed by atoms with Gasteiger partial charge in [0.05, 0.1) is 48.7 Å². The van der Waals surface area contributed by atoms with Crippen molar-refractivity contribution in [1.82, 2.24) is 0 Å². The minimum Gasteiger partial charge on any atom is -0.497 e. The van der Waals surface area contributed by atoms with Gasteiger partial charge in [-0.15, -0.1) is 0 Å². The highest BCUT2D eigenvalue weighted by molar-refractivity contribution is 7.91. The fraction of sp³-hybridized carbons (Fsp3) is 0.226. The van der Waals surface area contributed by atoms with Crippen molar-refractivity contribution in [2.45, 2.75) is 23.2 Å². The molecule has 1 aliphatic rings. The maximum absolute atomic E-state index is 5.59. The van der Waals surface area contributed by atoms with E-state index in [0.717, 1.165) is 17.7 Å². The van der Waals surface area contributed by atoms with Gasteiger partial charge in [0.2, 0.25) is 0 Å². The Hall–Kier alpha value is -2.74. The lowest BCUT2D eigenvalue weighted by molar-refractivity contribution is 0.414. The first-order chi connectivity index (χ1) is 17.1. The van der Waals surface area contributed by atoms with Crippen LogP contribution >= 0.6 is 19.9 Å². The molecule has 0 aliphatic heterocycles. The summed E-state index contributed by atoms with van der Waals surface area (Å²) < 4.78 is 10.5. The maximum atomic E-state index is 5.59. The summed E-state index contributed by atoms with van der Waals surface area (Å²) in [6, 6.07) is 39.3. The fourth-order valence-corrected chi connectivity index (χ4v) is 11.5. The van der Waals surface area contributed by atoms with E-state index >= 15 is 0 Å². The molecule has 4 aromatic carbocycles. The Labute approximate surface area is 215 Å². The van der Waals surface area contributed by atoms with Crippen LogP contribution < -0.4 is 20.1 Å². The minimum atomic E-state index is -1.79. The SMILES string of the molecule is COc1ccc(C(S)(C[P+](c2ccccc2)(c2ccccc2)C2CC2)c2ccc(OC)cc2)cc1. The van der Waals surface area contributed by atoms with E-state index in [1.54, 1.807) is 14.2 Å². The van der Waals surface area contributed by atoms with Crippen LogP contribution in [0.3, 0.4) is 0 Å². The summed E-state index contributed by atoms with van der Waals surface area (Å²) in [4.78, 5) is 0. The van der Waals surface area contributed by atoms with Crippen molar-refractivity contribution in [3.8, 4) is 11.5 Å². The predicted molar refractivity (Wildman–Crippen MR) is 153 cm³/mol. The van der Waals surface area contributed by atoms with Crippen molar-refractivity contribution in [1.29, 1.82) is 0 Å². The van der Waals surface area contributed by atoms with Crippen molar-refractivity contribution >= 4 is 30.5 Å². The summed E-state index contributed by atoms with van der Waals surface area (Å²) in [5.41, 5.74) is 3.04. The number of thiol groups is 1. The third kappa shape index (κ3) is 4.60. The second kappa shape index (κ2) is 10.1. The molecular formula is C31H32O2PS+. The van der Waals surface area contributed by atoms with Gasteiger partial charge in [-0.2, -0.15) is 12.6 Å². The Morgan fingerprint density at radius 3 is 1.40 bits per heavy atom. The van der Waals surface area contributed by atoms with Crippen LogP contribution in [0.2, 0.25) is 0 Å². The molecule has 0 bridgehead atoms. The zero-order chi connectivity index (χ0) is 24.3. The zero-order valence-corrected chi connectivity index (χ0v) is 22.1. The summed E-state index contributed by atoms with van der Waals surface area (Å²) in [5, 5.41) is 2.93. The van der Waals surface area contributed by atoms with Crippen molar-refractivity contribution in [3.05, 3.63) is 120 Å². The van der Waals surface area contributed by atoms with Gasteiger partial charge in [-0.1, -0.05) is 60.7 Å². The van der Waals surface area contributed by atoms with Crippen LogP contribution in [0.1, 0.15) is 24.0 Å². The van der Waals surface area contributed by atoms with E-state index < -0.39 is 12.0 Å². The van der Waals surface area contributed by atoms with E-state index in [1.165, 1.54) is 34.6 Å². The molecule has 0 atom stereocenters. The van der Waals surface area contributed by atoms with E-state index in [2.05, 4.69) is 84.9 Å². The summed E-state index contributed by atoms with van der Waals surface area (Å²) in [6.45, 7) is 0. The summed E-state index contributed by atoms with van der Waals surface area (Å²) in [6.07, 6.45) is 3.49. The van der Waals surface area contributed by atoms with Gasteiger partial charge in [0.25, 0.3) is 0 Å². The van der Waals surface area contributed by atoms with Gasteiger partial charge in [-0.25, -0.2) is 0 Å². The number of hydrogen-bond donors (Lipinski definition) is 1. The van der Waals surface area contributed by atoms with Gasteiger partial charge >= 0.3 is 0 Å². The summed E-state index contributed by atoms with van der Waals surface area (Å²) in [7, 11) is 1.63. The van der Waals surface area contributed by atoms with Crippen LogP contribution in [0, 0.1) is 0 Å². The van der Waals surface area contributed by atoms with Crippen molar-refractivity contribution in [2.24, 2.45) is 0 Å². The zero-order valence-electron chi connectivity index (χ0n) is 20.3. The molecule has 0 saturated heterocycles. The molecule has 35 heavy (non-hydrogen) atoms. The smallest absolute Gasteiger partial charge is 0.118 e. The van der Waals surface area contributed by atoms with Gasteiger partial charge < -0.3 is 9.47 Å². The average Bonchev–Trinajstić information content (AvgIpc) is 3.79. The summed E-state index contributed by atoms with van der Waals surface area (Å²) in [5.74, 6) is 1.71. The Kier molecular flexibility index (Phi) is 6.91. The number of hydrogen-bond acceptors (Lipinski definition) is 3. The summed E-state index contributed by atoms with van der Waals surface area (Å²) >= 11 is 5.59. The van der Waals surface area contributed by atoms with E-state index in [0.29, 0.717) is 5.66 Å². The molecule has 5 rings (SSSR count). The van der Waals surface area contributed by atoms with Gasteiger partial charge in [-0.05, 0) is 72.5 Å². The van der Waals surface area contributed by atoms with Crippen molar-refractivity contribution in [2.75, 3.05) is 20.4 Å². The van der Waals surface area contributed by atoms with Crippen LogP contribution in [-0.4, -0.2) is 26.0 Å². The van der Waals surface area contributed by atoms with Crippen LogP contribution in [-0.2, 0) is 4.75 Å². The standard InChI is InChI=1S/C31H31O2PS/c1-32-26-17-13-24(14-18-26)31(35,25-15-19-27(33-2)20-16-25)23-34(30-21-22-30,28-9-5-3-6-10-28)29-11-7-4-8-12-29/h3-20,30H,21-23H2,1-2H3/p+1. The van der Waals surface area contributed by atoms with Gasteiger partial charge in [0.1, 0.15) is 11.5 Å². The van der Waals surface area contributed by atoms with Crippen LogP contribution in [0.5, 0.6) is 11.5 Å². The Balaban J connectivity index is 1.72. The average molecular weight is 500 g/mol. The molecule has 1 fully saturated rings. The first kappa shape index (κ1) is 24.0. The topological polar surface area (TPSA) is 18.5 Å². The lowest BCUT2D eigenvalue weighted by Gasteiger charge is -2.37. The first-order valence-corrected chi connectivity index (χ1v) is 14.6. The highest BCUT2D eigenvalue weighted by Gasteiger charge is 2.59. The molecule has 0 amide bonds. The largest absolute Gasteiger partial charge is 0.497 e. The Morgan fingerprint density at radius 2 is 1.06 bits per heavy atom. The van der Waals surface area contributed by atoms with Crippen LogP contribution in [0.25, 0.3) is 0 Å². The molecule has 4 heteroatoms. The van der Waals surface area contributed by atoms with Gasteiger partial charge in [0.15, 0.2) is 0 Å². The molecule has 178 valence electrons. The number of methoxy groups -OCH3 is 2. The molecule has 4 aromatic rings. The van der Waals surface area contributed by atoms with E-state index in [-0.39, 0.29) is 0 Å². The second-order valence-electron chi connectivity index (χ2n) is 9.25. The predicted octanol–water partition coefficient (Wildman–Crippen LogP) is 6.71. The molecule has 0 unspecified atom stereocenters. The van der Waals surface area contributed by atoms with Crippen molar-refractivity contribution < 1.29 is 9.47 Å². The minimum absolute atomic E-state index is 0.486. The first-order valence-electron chi connectivity index (χ1n) is 12.1. The van der Waals surface area contributed by atoms with E-state index in [4.69, 9.17) is 22.1 Å². The van der Waals surface area contributed by atoms with Crippen LogP contribution in [0.4, 0.5) is 0 Å². The quantitative estimate of drug-likeness (QED) is 0.204. The molecule has 2 nitrogen and oxygen atoms in total.